The molecule has 0 atom stereocenters. The van der Waals surface area contributed by atoms with Crippen molar-refractivity contribution in [2.45, 2.75) is 24.0 Å². The molecule has 0 aliphatic carbocycles. The van der Waals surface area contributed by atoms with Gasteiger partial charge in [0.05, 0.1) is 14.2 Å². The number of piperidine rings is 1. The number of halogens is 1. The number of hydrogen-bond acceptors (Lipinski definition) is 7. The Bertz CT molecular complexity index is 669. The molecule has 0 aromatic carbocycles. The third kappa shape index (κ3) is 4.82. The molecule has 2 N–H and O–H groups in total. The first kappa shape index (κ1) is 21.2. The monoisotopic (exact) mass is 398 g/mol. The van der Waals surface area contributed by atoms with Gasteiger partial charge in [-0.15, -0.1) is 23.7 Å². The maximum atomic E-state index is 12.6. The van der Waals surface area contributed by atoms with Crippen molar-refractivity contribution in [3.63, 3.8) is 0 Å². The maximum Gasteiger partial charge on any atom is 0.348 e. The summed E-state index contributed by atoms with van der Waals surface area (Å²) in [5, 5.41) is 3.26. The third-order valence-corrected chi connectivity index (χ3v) is 7.03. The molecule has 1 aliphatic rings. The topological polar surface area (TPSA) is 93.7 Å². The Morgan fingerprint density at radius 1 is 1.38 bits per heavy atom. The Kier molecular flexibility index (Phi) is 7.48. The number of thiophene rings is 1. The molecule has 0 bridgehead atoms. The molecule has 0 radical (unpaired) electrons. The third-order valence-electron chi connectivity index (χ3n) is 4.02. The molecule has 1 aliphatic heterocycles. The summed E-state index contributed by atoms with van der Waals surface area (Å²) < 4.78 is 37.5. The number of esters is 1. The fourth-order valence-electron chi connectivity index (χ4n) is 2.43. The minimum absolute atomic E-state index is 0. The van der Waals surface area contributed by atoms with Crippen molar-refractivity contribution >= 4 is 39.7 Å². The van der Waals surface area contributed by atoms with Gasteiger partial charge in [-0.25, -0.2) is 17.9 Å². The number of carbonyl (C=O) groups excluding carboxylic acids is 1. The highest BCUT2D eigenvalue weighted by molar-refractivity contribution is 7.91. The second-order valence-electron chi connectivity index (χ2n) is 5.84. The predicted molar refractivity (Wildman–Crippen MR) is 94.9 cm³/mol. The predicted octanol–water partition coefficient (Wildman–Crippen LogP) is 1.63. The van der Waals surface area contributed by atoms with Crippen LogP contribution in [-0.4, -0.2) is 48.2 Å². The number of carbonyl (C=O) groups is 1. The molecule has 1 fully saturated rings. The minimum Gasteiger partial charge on any atom is -0.494 e. The summed E-state index contributed by atoms with van der Waals surface area (Å²) in [6.45, 7) is 4.19. The van der Waals surface area contributed by atoms with E-state index in [1.165, 1.54) is 20.3 Å². The molecule has 1 aromatic heterocycles. The van der Waals surface area contributed by atoms with Gasteiger partial charge in [-0.2, -0.15) is 0 Å². The molecular weight excluding hydrogens is 376 g/mol. The summed E-state index contributed by atoms with van der Waals surface area (Å²) >= 11 is 0.847. The van der Waals surface area contributed by atoms with Crippen molar-refractivity contribution in [1.29, 1.82) is 0 Å². The van der Waals surface area contributed by atoms with Gasteiger partial charge in [0.2, 0.25) is 0 Å². The Balaban J connectivity index is 0.00000288. The fourth-order valence-corrected chi connectivity index (χ4v) is 5.17. The minimum atomic E-state index is -3.75. The maximum absolute atomic E-state index is 12.6. The van der Waals surface area contributed by atoms with Crippen molar-refractivity contribution in [3.8, 4) is 5.75 Å². The summed E-state index contributed by atoms with van der Waals surface area (Å²) in [4.78, 5) is 11.8. The lowest BCUT2D eigenvalue weighted by atomic mass is 9.81. The molecule has 138 valence electrons. The Morgan fingerprint density at radius 3 is 2.54 bits per heavy atom. The molecule has 0 saturated carbocycles. The Labute approximate surface area is 152 Å². The van der Waals surface area contributed by atoms with E-state index in [0.29, 0.717) is 6.54 Å². The fraction of sp³-hybridized carbons (Fsp3) is 0.643. The summed E-state index contributed by atoms with van der Waals surface area (Å²) in [6.07, 6.45) is 1.81. The van der Waals surface area contributed by atoms with Gasteiger partial charge in [0.1, 0.15) is 4.88 Å². The van der Waals surface area contributed by atoms with Crippen LogP contribution in [0.5, 0.6) is 5.75 Å². The van der Waals surface area contributed by atoms with Crippen LogP contribution in [0.15, 0.2) is 10.3 Å². The lowest BCUT2D eigenvalue weighted by Crippen LogP contribution is -2.42. The van der Waals surface area contributed by atoms with Crippen LogP contribution in [0.2, 0.25) is 0 Å². The van der Waals surface area contributed by atoms with Crippen LogP contribution in [0.25, 0.3) is 0 Å². The first-order valence-electron chi connectivity index (χ1n) is 7.28. The second-order valence-corrected chi connectivity index (χ2v) is 8.86. The van der Waals surface area contributed by atoms with E-state index >= 15 is 0 Å². The van der Waals surface area contributed by atoms with E-state index in [4.69, 9.17) is 4.74 Å². The molecule has 24 heavy (non-hydrogen) atoms. The molecule has 2 heterocycles. The summed E-state index contributed by atoms with van der Waals surface area (Å²) in [7, 11) is -1.13. The number of methoxy groups -OCH3 is 2. The van der Waals surface area contributed by atoms with Gasteiger partial charge in [0.25, 0.3) is 10.0 Å². The van der Waals surface area contributed by atoms with Gasteiger partial charge < -0.3 is 14.8 Å². The number of ether oxygens (including phenoxy) is 2. The average molecular weight is 399 g/mol. The molecule has 2 rings (SSSR count). The van der Waals surface area contributed by atoms with E-state index in [1.54, 1.807) is 0 Å². The van der Waals surface area contributed by atoms with Crippen molar-refractivity contribution in [3.05, 3.63) is 10.9 Å². The van der Waals surface area contributed by atoms with E-state index in [-0.39, 0.29) is 32.7 Å². The normalized spacial score (nSPS) is 17.0. The first-order valence-corrected chi connectivity index (χ1v) is 9.58. The zero-order valence-electron chi connectivity index (χ0n) is 13.9. The van der Waals surface area contributed by atoms with Gasteiger partial charge in [-0.3, -0.25) is 0 Å². The molecule has 10 heteroatoms. The highest BCUT2D eigenvalue weighted by atomic mass is 35.5. The largest absolute Gasteiger partial charge is 0.494 e. The summed E-state index contributed by atoms with van der Waals surface area (Å²) in [5.41, 5.74) is -0.0754. The van der Waals surface area contributed by atoms with E-state index < -0.39 is 16.0 Å². The van der Waals surface area contributed by atoms with Crippen LogP contribution in [0, 0.1) is 5.41 Å². The quantitative estimate of drug-likeness (QED) is 0.707. The molecule has 7 nitrogen and oxygen atoms in total. The van der Waals surface area contributed by atoms with Crippen LogP contribution in [0.1, 0.15) is 29.4 Å². The molecule has 0 spiro atoms. The molecule has 0 amide bonds. The molecule has 0 unspecified atom stereocenters. The molecular formula is C14H23ClN2O5S2. The number of hydrogen-bond donors (Lipinski definition) is 2. The Hall–Kier alpha value is -0.870. The van der Waals surface area contributed by atoms with E-state index in [1.807, 2.05) is 0 Å². The summed E-state index contributed by atoms with van der Waals surface area (Å²) in [6, 6.07) is 1.39. The lowest BCUT2D eigenvalue weighted by Gasteiger charge is -2.33. The SMILES string of the molecule is COC(=O)c1cc(OC)c(S(=O)(=O)NCC2(C)CCNCC2)s1.Cl. The van der Waals surface area contributed by atoms with Crippen LogP contribution in [0.3, 0.4) is 0 Å². The zero-order valence-corrected chi connectivity index (χ0v) is 16.3. The van der Waals surface area contributed by atoms with E-state index in [9.17, 15) is 13.2 Å². The van der Waals surface area contributed by atoms with Gasteiger partial charge in [-0.1, -0.05) is 6.92 Å². The number of sulfonamides is 1. The van der Waals surface area contributed by atoms with E-state index in [0.717, 1.165) is 37.3 Å². The van der Waals surface area contributed by atoms with Gasteiger partial charge in [-0.05, 0) is 31.3 Å². The first-order chi connectivity index (χ1) is 10.8. The van der Waals surface area contributed by atoms with Crippen molar-refractivity contribution in [2.75, 3.05) is 33.9 Å². The molecule has 1 saturated heterocycles. The van der Waals surface area contributed by atoms with Crippen molar-refractivity contribution in [1.82, 2.24) is 10.0 Å². The average Bonchev–Trinajstić information content (AvgIpc) is 2.98. The highest BCUT2D eigenvalue weighted by Gasteiger charge is 2.31. The lowest BCUT2D eigenvalue weighted by molar-refractivity contribution is 0.0606. The van der Waals surface area contributed by atoms with Crippen LogP contribution >= 0.6 is 23.7 Å². The Morgan fingerprint density at radius 2 is 2.00 bits per heavy atom. The van der Waals surface area contributed by atoms with Gasteiger partial charge in [0, 0.05) is 12.6 Å². The smallest absolute Gasteiger partial charge is 0.348 e. The summed E-state index contributed by atoms with van der Waals surface area (Å²) in [5.74, 6) is -0.432. The van der Waals surface area contributed by atoms with E-state index in [2.05, 4.69) is 21.7 Å². The second kappa shape index (κ2) is 8.48. The van der Waals surface area contributed by atoms with Crippen LogP contribution in [-0.2, 0) is 14.8 Å². The van der Waals surface area contributed by atoms with Gasteiger partial charge in [0.15, 0.2) is 9.96 Å². The van der Waals surface area contributed by atoms with Crippen molar-refractivity contribution in [2.24, 2.45) is 5.41 Å². The standard InChI is InChI=1S/C14H22N2O5S2.ClH/c1-14(4-6-15-7-5-14)9-16-23(18,19)13-10(20-2)8-11(22-13)12(17)21-3;/h8,15-16H,4-7,9H2,1-3H3;1H. The highest BCUT2D eigenvalue weighted by Crippen LogP contribution is 2.34. The number of rotatable bonds is 6. The van der Waals surface area contributed by atoms with Crippen molar-refractivity contribution < 1.29 is 22.7 Å². The zero-order chi connectivity index (χ0) is 17.1. The van der Waals surface area contributed by atoms with Crippen LogP contribution < -0.4 is 14.8 Å². The van der Waals surface area contributed by atoms with Crippen LogP contribution in [0.4, 0.5) is 0 Å². The molecule has 1 aromatic rings. The van der Waals surface area contributed by atoms with Gasteiger partial charge >= 0.3 is 5.97 Å². The number of nitrogens with one attached hydrogen (secondary N) is 2.